The molecule has 0 bridgehead atoms. The molecule has 0 radical (unpaired) electrons. The highest BCUT2D eigenvalue weighted by Crippen LogP contribution is 2.34. The Morgan fingerprint density at radius 2 is 2.11 bits per heavy atom. The summed E-state index contributed by atoms with van der Waals surface area (Å²) < 4.78 is 13.6. The number of halogens is 1. The van der Waals surface area contributed by atoms with E-state index in [-0.39, 0.29) is 5.82 Å². The number of aromatic amines is 1. The number of nitrogens with one attached hydrogen (secondary N) is 1. The molecule has 0 unspecified atom stereocenters. The molecule has 2 fully saturated rings. The van der Waals surface area contributed by atoms with Crippen LogP contribution in [0.3, 0.4) is 0 Å². The molecule has 0 amide bonds. The zero-order valence-electron chi connectivity index (χ0n) is 15.2. The first kappa shape index (κ1) is 16.6. The third kappa shape index (κ3) is 3.16. The fraction of sp³-hybridized carbons (Fsp3) is 0.450. The van der Waals surface area contributed by atoms with Crippen LogP contribution in [0, 0.1) is 11.7 Å². The van der Waals surface area contributed by atoms with Crippen molar-refractivity contribution in [3.8, 4) is 0 Å². The Balaban J connectivity index is 1.41. The molecule has 1 aromatic carbocycles. The largest absolute Gasteiger partial charge is 0.353 e. The normalized spacial score (nSPS) is 23.5. The van der Waals surface area contributed by atoms with Gasteiger partial charge in [0.15, 0.2) is 11.5 Å². The highest BCUT2D eigenvalue weighted by Gasteiger charge is 2.38. The topological polar surface area (TPSA) is 60.9 Å². The summed E-state index contributed by atoms with van der Waals surface area (Å²) in [5, 5.41) is 0. The first-order valence-corrected chi connectivity index (χ1v) is 9.65. The van der Waals surface area contributed by atoms with E-state index in [9.17, 15) is 4.39 Å². The van der Waals surface area contributed by atoms with E-state index in [0.29, 0.717) is 17.6 Å². The smallest absolute Gasteiger partial charge is 0.182 e. The molecule has 3 aromatic rings. The lowest BCUT2D eigenvalue weighted by Crippen LogP contribution is -2.39. The van der Waals surface area contributed by atoms with Crippen LogP contribution in [0.4, 0.5) is 10.2 Å². The summed E-state index contributed by atoms with van der Waals surface area (Å²) in [7, 11) is 0. The van der Waals surface area contributed by atoms with E-state index in [4.69, 9.17) is 0 Å². The lowest BCUT2D eigenvalue weighted by atomic mass is 9.98. The van der Waals surface area contributed by atoms with Crippen LogP contribution in [-0.2, 0) is 6.54 Å². The minimum absolute atomic E-state index is 0.158. The van der Waals surface area contributed by atoms with Crippen LogP contribution in [-0.4, -0.2) is 50.5 Å². The number of aromatic nitrogens is 4. The van der Waals surface area contributed by atoms with Crippen LogP contribution in [0.1, 0.15) is 24.8 Å². The lowest BCUT2D eigenvalue weighted by molar-refractivity contribution is 0.179. The zero-order chi connectivity index (χ0) is 18.2. The third-order valence-corrected chi connectivity index (χ3v) is 5.92. The fourth-order valence-corrected chi connectivity index (χ4v) is 4.67. The summed E-state index contributed by atoms with van der Waals surface area (Å²) in [5.41, 5.74) is 2.67. The van der Waals surface area contributed by atoms with E-state index >= 15 is 0 Å². The molecule has 2 atom stereocenters. The van der Waals surface area contributed by atoms with E-state index in [0.717, 1.165) is 43.1 Å². The molecule has 140 valence electrons. The van der Waals surface area contributed by atoms with Crippen LogP contribution in [0.25, 0.3) is 11.2 Å². The maximum atomic E-state index is 13.6. The molecule has 4 heterocycles. The van der Waals surface area contributed by atoms with E-state index in [1.165, 1.54) is 25.3 Å². The second kappa shape index (κ2) is 6.88. The molecule has 2 saturated heterocycles. The predicted molar refractivity (Wildman–Crippen MR) is 102 cm³/mol. The van der Waals surface area contributed by atoms with Gasteiger partial charge in [-0.3, -0.25) is 4.90 Å². The fourth-order valence-electron chi connectivity index (χ4n) is 4.67. The quantitative estimate of drug-likeness (QED) is 0.772. The number of H-pyrrole nitrogens is 1. The van der Waals surface area contributed by atoms with Crippen molar-refractivity contribution in [2.24, 2.45) is 5.92 Å². The molecule has 5 rings (SSSR count). The van der Waals surface area contributed by atoms with Crippen molar-refractivity contribution in [2.75, 3.05) is 24.5 Å². The summed E-state index contributed by atoms with van der Waals surface area (Å²) in [6, 6.07) is 7.45. The minimum atomic E-state index is -0.158. The molecule has 0 spiro atoms. The zero-order valence-corrected chi connectivity index (χ0v) is 15.2. The highest BCUT2D eigenvalue weighted by atomic mass is 19.1. The number of hydrogen-bond acceptors (Lipinski definition) is 5. The number of fused-ring (bicyclic) bond motifs is 2. The molecular formula is C20H23FN6. The van der Waals surface area contributed by atoms with Gasteiger partial charge in [0.05, 0.1) is 6.33 Å². The predicted octanol–water partition coefficient (Wildman–Crippen LogP) is 2.98. The summed E-state index contributed by atoms with van der Waals surface area (Å²) in [4.78, 5) is 21.1. The van der Waals surface area contributed by atoms with Gasteiger partial charge in [0.1, 0.15) is 17.7 Å². The molecule has 2 aliphatic rings. The Morgan fingerprint density at radius 3 is 3.04 bits per heavy atom. The highest BCUT2D eigenvalue weighted by molar-refractivity contribution is 5.82. The number of imidazole rings is 1. The van der Waals surface area contributed by atoms with Crippen LogP contribution in [0.2, 0.25) is 0 Å². The molecule has 0 aliphatic carbocycles. The Bertz CT molecular complexity index is 941. The van der Waals surface area contributed by atoms with Gasteiger partial charge in [-0.2, -0.15) is 0 Å². The van der Waals surface area contributed by atoms with E-state index in [2.05, 4.69) is 29.7 Å². The number of anilines is 1. The van der Waals surface area contributed by atoms with E-state index in [1.54, 1.807) is 24.8 Å². The third-order valence-electron chi connectivity index (χ3n) is 5.92. The average Bonchev–Trinajstić information content (AvgIpc) is 3.27. The molecule has 1 N–H and O–H groups in total. The monoisotopic (exact) mass is 366 g/mol. The maximum Gasteiger partial charge on any atom is 0.182 e. The molecule has 6 nitrogen and oxygen atoms in total. The van der Waals surface area contributed by atoms with Gasteiger partial charge in [-0.25, -0.2) is 19.3 Å². The standard InChI is InChI=1S/C20H23FN6/c21-16-6-3-4-14(8-16)9-26-7-2-1-5-15-10-27(11-17(15)26)20-18-19(23-12-22-18)24-13-25-20/h3-4,6,8,12-13,15,17H,1-2,5,7,9-11H2,(H,22,23,24,25)/t15-,17+/m0/s1. The van der Waals surface area contributed by atoms with Crippen LogP contribution in [0.15, 0.2) is 36.9 Å². The van der Waals surface area contributed by atoms with Gasteiger partial charge in [0.2, 0.25) is 0 Å². The van der Waals surface area contributed by atoms with Crippen LogP contribution in [0.5, 0.6) is 0 Å². The number of hydrogen-bond donors (Lipinski definition) is 1. The van der Waals surface area contributed by atoms with Gasteiger partial charge in [-0.15, -0.1) is 0 Å². The first-order valence-electron chi connectivity index (χ1n) is 9.65. The number of likely N-dealkylation sites (tertiary alicyclic amines) is 1. The van der Waals surface area contributed by atoms with Gasteiger partial charge in [-0.05, 0) is 43.0 Å². The molecule has 27 heavy (non-hydrogen) atoms. The summed E-state index contributed by atoms with van der Waals surface area (Å²) in [5.74, 6) is 1.39. The van der Waals surface area contributed by atoms with E-state index in [1.807, 2.05) is 6.07 Å². The number of nitrogens with zero attached hydrogens (tertiary/aromatic N) is 5. The van der Waals surface area contributed by atoms with Crippen LogP contribution < -0.4 is 4.90 Å². The Hall–Kier alpha value is -2.54. The number of benzene rings is 1. The van der Waals surface area contributed by atoms with Crippen molar-refractivity contribution < 1.29 is 4.39 Å². The second-order valence-electron chi connectivity index (χ2n) is 7.63. The first-order chi connectivity index (χ1) is 13.3. The van der Waals surface area contributed by atoms with Crippen molar-refractivity contribution in [1.29, 1.82) is 0 Å². The van der Waals surface area contributed by atoms with Crippen molar-refractivity contribution >= 4 is 17.0 Å². The Morgan fingerprint density at radius 1 is 1.15 bits per heavy atom. The van der Waals surface area contributed by atoms with Crippen molar-refractivity contribution in [1.82, 2.24) is 24.8 Å². The van der Waals surface area contributed by atoms with Crippen LogP contribution >= 0.6 is 0 Å². The summed E-state index contributed by atoms with van der Waals surface area (Å²) in [6.07, 6.45) is 6.96. The molecular weight excluding hydrogens is 343 g/mol. The second-order valence-corrected chi connectivity index (χ2v) is 7.63. The average molecular weight is 366 g/mol. The summed E-state index contributed by atoms with van der Waals surface area (Å²) >= 11 is 0. The van der Waals surface area contributed by atoms with E-state index < -0.39 is 0 Å². The van der Waals surface area contributed by atoms with Crippen molar-refractivity contribution in [2.45, 2.75) is 31.8 Å². The van der Waals surface area contributed by atoms with Gasteiger partial charge in [0.25, 0.3) is 0 Å². The van der Waals surface area contributed by atoms with Crippen molar-refractivity contribution in [3.05, 3.63) is 48.3 Å². The van der Waals surface area contributed by atoms with Gasteiger partial charge >= 0.3 is 0 Å². The molecule has 7 heteroatoms. The maximum absolute atomic E-state index is 13.6. The minimum Gasteiger partial charge on any atom is -0.353 e. The molecule has 2 aromatic heterocycles. The number of rotatable bonds is 3. The molecule has 2 aliphatic heterocycles. The SMILES string of the molecule is Fc1cccc(CN2CCCC[C@H]3CN(c4ncnc5nc[nH]c45)C[C@H]32)c1. The Kier molecular flexibility index (Phi) is 4.24. The Labute approximate surface area is 157 Å². The van der Waals surface area contributed by atoms with Gasteiger partial charge in [0, 0.05) is 25.7 Å². The summed E-state index contributed by atoms with van der Waals surface area (Å²) in [6.45, 7) is 3.80. The molecule has 0 saturated carbocycles. The van der Waals surface area contributed by atoms with Crippen molar-refractivity contribution in [3.63, 3.8) is 0 Å². The van der Waals surface area contributed by atoms with Gasteiger partial charge in [-0.1, -0.05) is 18.6 Å². The van der Waals surface area contributed by atoms with Gasteiger partial charge < -0.3 is 9.88 Å². The lowest BCUT2D eigenvalue weighted by Gasteiger charge is -2.30.